The standard InChI is InChI=1S/C14H24N2/c1-8-4-5-15-11(8)7-16-14-12-9-2-3-10(6-9)13(12)14/h8-16H,2-7H2,1H3. The Morgan fingerprint density at radius 3 is 2.50 bits per heavy atom. The van der Waals surface area contributed by atoms with E-state index in [9.17, 15) is 0 Å². The molecule has 0 aromatic rings. The third kappa shape index (κ3) is 1.32. The lowest BCUT2D eigenvalue weighted by molar-refractivity contribution is 0.407. The highest BCUT2D eigenvalue weighted by atomic mass is 15.1. The predicted octanol–water partition coefficient (Wildman–Crippen LogP) is 1.62. The highest BCUT2D eigenvalue weighted by molar-refractivity contribution is 5.16. The normalized spacial score (nSPS) is 57.9. The van der Waals surface area contributed by atoms with E-state index in [1.165, 1.54) is 19.5 Å². The molecule has 2 bridgehead atoms. The van der Waals surface area contributed by atoms with Gasteiger partial charge in [0.2, 0.25) is 0 Å². The summed E-state index contributed by atoms with van der Waals surface area (Å²) in [5.41, 5.74) is 0. The minimum atomic E-state index is 0.749. The van der Waals surface area contributed by atoms with Crippen molar-refractivity contribution in [1.82, 2.24) is 10.6 Å². The van der Waals surface area contributed by atoms with Crippen LogP contribution in [0.15, 0.2) is 0 Å². The van der Waals surface area contributed by atoms with Gasteiger partial charge in [-0.25, -0.2) is 0 Å². The number of rotatable bonds is 3. The monoisotopic (exact) mass is 220 g/mol. The van der Waals surface area contributed by atoms with Crippen LogP contribution >= 0.6 is 0 Å². The number of hydrogen-bond donors (Lipinski definition) is 2. The second kappa shape index (κ2) is 3.46. The van der Waals surface area contributed by atoms with Crippen LogP contribution in [0.3, 0.4) is 0 Å². The molecule has 0 aromatic heterocycles. The molecule has 1 heterocycles. The highest BCUT2D eigenvalue weighted by Gasteiger charge is 2.64. The van der Waals surface area contributed by atoms with Gasteiger partial charge in [0.25, 0.3) is 0 Å². The molecule has 2 N–H and O–H groups in total. The SMILES string of the molecule is CC1CCNC1CNC1C2C3CCC(C3)C12. The Hall–Kier alpha value is -0.0800. The molecule has 4 rings (SSSR count). The molecular formula is C14H24N2. The fourth-order valence-corrected chi connectivity index (χ4v) is 5.03. The zero-order chi connectivity index (χ0) is 10.7. The van der Waals surface area contributed by atoms with Gasteiger partial charge >= 0.3 is 0 Å². The van der Waals surface area contributed by atoms with Crippen LogP contribution in [-0.2, 0) is 0 Å². The van der Waals surface area contributed by atoms with Gasteiger partial charge in [0, 0.05) is 18.6 Å². The first-order valence-corrected chi connectivity index (χ1v) is 7.31. The average molecular weight is 220 g/mol. The lowest BCUT2D eigenvalue weighted by atomic mass is 10.0. The van der Waals surface area contributed by atoms with E-state index in [1.807, 2.05) is 0 Å². The number of nitrogens with one attached hydrogen (secondary N) is 2. The van der Waals surface area contributed by atoms with Crippen molar-refractivity contribution in [2.75, 3.05) is 13.1 Å². The van der Waals surface area contributed by atoms with Gasteiger partial charge < -0.3 is 10.6 Å². The van der Waals surface area contributed by atoms with E-state index >= 15 is 0 Å². The molecule has 3 saturated carbocycles. The third-order valence-corrected chi connectivity index (χ3v) is 6.00. The lowest BCUT2D eigenvalue weighted by Crippen LogP contribution is -2.39. The van der Waals surface area contributed by atoms with Gasteiger partial charge in [-0.2, -0.15) is 0 Å². The third-order valence-electron chi connectivity index (χ3n) is 6.00. The van der Waals surface area contributed by atoms with Crippen LogP contribution in [0.2, 0.25) is 0 Å². The van der Waals surface area contributed by atoms with Crippen LogP contribution in [0.4, 0.5) is 0 Å². The van der Waals surface area contributed by atoms with Crippen LogP contribution in [0.1, 0.15) is 32.6 Å². The summed E-state index contributed by atoms with van der Waals surface area (Å²) in [6.07, 6.45) is 6.03. The Labute approximate surface area is 98.6 Å². The Balaban J connectivity index is 1.31. The zero-order valence-electron chi connectivity index (χ0n) is 10.3. The van der Waals surface area contributed by atoms with Crippen LogP contribution in [-0.4, -0.2) is 25.2 Å². The van der Waals surface area contributed by atoms with Crippen molar-refractivity contribution in [3.8, 4) is 0 Å². The first-order chi connectivity index (χ1) is 7.84. The second-order valence-electron chi connectivity index (χ2n) is 6.75. The van der Waals surface area contributed by atoms with Crippen molar-refractivity contribution in [2.45, 2.75) is 44.7 Å². The topological polar surface area (TPSA) is 24.1 Å². The predicted molar refractivity (Wildman–Crippen MR) is 65.2 cm³/mol. The van der Waals surface area contributed by atoms with E-state index in [1.54, 1.807) is 19.3 Å². The van der Waals surface area contributed by atoms with Crippen molar-refractivity contribution in [3.63, 3.8) is 0 Å². The van der Waals surface area contributed by atoms with Crippen molar-refractivity contribution in [3.05, 3.63) is 0 Å². The maximum Gasteiger partial charge on any atom is 0.0218 e. The molecular weight excluding hydrogens is 196 g/mol. The Kier molecular flexibility index (Phi) is 2.14. The molecule has 16 heavy (non-hydrogen) atoms. The van der Waals surface area contributed by atoms with E-state index in [0.29, 0.717) is 0 Å². The molecule has 3 aliphatic carbocycles. The van der Waals surface area contributed by atoms with E-state index in [0.717, 1.165) is 41.7 Å². The smallest absolute Gasteiger partial charge is 0.0218 e. The first-order valence-electron chi connectivity index (χ1n) is 7.31. The summed E-state index contributed by atoms with van der Waals surface area (Å²) in [6.45, 7) is 4.85. The maximum atomic E-state index is 3.87. The summed E-state index contributed by atoms with van der Waals surface area (Å²) in [7, 11) is 0. The van der Waals surface area contributed by atoms with Crippen molar-refractivity contribution < 1.29 is 0 Å². The number of hydrogen-bond acceptors (Lipinski definition) is 2. The summed E-state index contributed by atoms with van der Waals surface area (Å²) >= 11 is 0. The molecule has 4 fully saturated rings. The first kappa shape index (κ1) is 9.90. The summed E-state index contributed by atoms with van der Waals surface area (Å²) in [5, 5.41) is 7.50. The molecule has 2 heteroatoms. The molecule has 0 spiro atoms. The minimum Gasteiger partial charge on any atom is -0.312 e. The van der Waals surface area contributed by atoms with Crippen LogP contribution in [0.25, 0.3) is 0 Å². The van der Waals surface area contributed by atoms with E-state index in [-0.39, 0.29) is 0 Å². The summed E-state index contributed by atoms with van der Waals surface area (Å²) < 4.78 is 0. The highest BCUT2D eigenvalue weighted by Crippen LogP contribution is 2.65. The van der Waals surface area contributed by atoms with E-state index in [2.05, 4.69) is 17.6 Å². The van der Waals surface area contributed by atoms with Gasteiger partial charge in [-0.15, -0.1) is 0 Å². The summed E-state index contributed by atoms with van der Waals surface area (Å²) in [5.74, 6) is 5.29. The van der Waals surface area contributed by atoms with Crippen molar-refractivity contribution in [2.24, 2.45) is 29.6 Å². The lowest BCUT2D eigenvalue weighted by Gasteiger charge is -2.18. The molecule has 0 aromatic carbocycles. The minimum absolute atomic E-state index is 0.749. The molecule has 0 amide bonds. The molecule has 1 aliphatic heterocycles. The second-order valence-corrected chi connectivity index (χ2v) is 6.75. The molecule has 90 valence electrons. The Morgan fingerprint density at radius 1 is 1.12 bits per heavy atom. The van der Waals surface area contributed by atoms with Gasteiger partial charge in [-0.05, 0) is 61.8 Å². The molecule has 6 atom stereocenters. The number of fused-ring (bicyclic) bond motifs is 5. The Bertz CT molecular complexity index is 274. The van der Waals surface area contributed by atoms with Crippen molar-refractivity contribution in [1.29, 1.82) is 0 Å². The van der Waals surface area contributed by atoms with Gasteiger partial charge in [0.1, 0.15) is 0 Å². The largest absolute Gasteiger partial charge is 0.312 e. The Morgan fingerprint density at radius 2 is 1.88 bits per heavy atom. The fourth-order valence-electron chi connectivity index (χ4n) is 5.03. The van der Waals surface area contributed by atoms with Gasteiger partial charge in [-0.3, -0.25) is 0 Å². The molecule has 2 nitrogen and oxygen atoms in total. The zero-order valence-corrected chi connectivity index (χ0v) is 10.3. The summed E-state index contributed by atoms with van der Waals surface area (Å²) in [6, 6.07) is 1.67. The molecule has 4 aliphatic rings. The van der Waals surface area contributed by atoms with Crippen molar-refractivity contribution >= 4 is 0 Å². The van der Waals surface area contributed by atoms with Crippen LogP contribution in [0, 0.1) is 29.6 Å². The average Bonchev–Trinajstić information content (AvgIpc) is 2.70. The molecule has 0 radical (unpaired) electrons. The van der Waals surface area contributed by atoms with Gasteiger partial charge in [-0.1, -0.05) is 6.92 Å². The van der Waals surface area contributed by atoms with Crippen LogP contribution < -0.4 is 10.6 Å². The van der Waals surface area contributed by atoms with Gasteiger partial charge in [0.05, 0.1) is 0 Å². The molecule has 6 unspecified atom stereocenters. The maximum absolute atomic E-state index is 3.87. The summed E-state index contributed by atoms with van der Waals surface area (Å²) in [4.78, 5) is 0. The fraction of sp³-hybridized carbons (Fsp3) is 1.00. The van der Waals surface area contributed by atoms with Gasteiger partial charge in [0.15, 0.2) is 0 Å². The van der Waals surface area contributed by atoms with E-state index in [4.69, 9.17) is 0 Å². The van der Waals surface area contributed by atoms with E-state index < -0.39 is 0 Å². The van der Waals surface area contributed by atoms with Crippen LogP contribution in [0.5, 0.6) is 0 Å². The molecule has 1 saturated heterocycles. The quantitative estimate of drug-likeness (QED) is 0.755.